The summed E-state index contributed by atoms with van der Waals surface area (Å²) < 4.78 is 1.70. The lowest BCUT2D eigenvalue weighted by atomic mass is 9.99. The van der Waals surface area contributed by atoms with Crippen molar-refractivity contribution in [1.82, 2.24) is 4.57 Å². The molecule has 0 fully saturated rings. The monoisotopic (exact) mass is 344 g/mol. The maximum atomic E-state index is 12.3. The average Bonchev–Trinajstić information content (AvgIpc) is 2.65. The van der Waals surface area contributed by atoms with Crippen LogP contribution in [0, 0.1) is 11.3 Å². The average molecular weight is 344 g/mol. The van der Waals surface area contributed by atoms with Crippen LogP contribution >= 0.6 is 0 Å². The van der Waals surface area contributed by atoms with Gasteiger partial charge in [0.1, 0.15) is 5.75 Å². The number of nitriles is 1. The highest BCUT2D eigenvalue weighted by atomic mass is 16.3. The quantitative estimate of drug-likeness (QED) is 0.758. The van der Waals surface area contributed by atoms with Gasteiger partial charge in [-0.15, -0.1) is 0 Å². The highest BCUT2D eigenvalue weighted by molar-refractivity contribution is 5.70. The minimum atomic E-state index is -0.202. The Morgan fingerprint density at radius 2 is 1.81 bits per heavy atom. The van der Waals surface area contributed by atoms with E-state index in [1.807, 2.05) is 49.4 Å². The van der Waals surface area contributed by atoms with Gasteiger partial charge in [0, 0.05) is 11.8 Å². The van der Waals surface area contributed by atoms with Gasteiger partial charge in [0.2, 0.25) is 0 Å². The van der Waals surface area contributed by atoms with Gasteiger partial charge in [-0.05, 0) is 35.2 Å². The van der Waals surface area contributed by atoms with Gasteiger partial charge >= 0.3 is 0 Å². The van der Waals surface area contributed by atoms with Gasteiger partial charge in [0.25, 0.3) is 5.56 Å². The lowest BCUT2D eigenvalue weighted by molar-refractivity contribution is 0.469. The smallest absolute Gasteiger partial charge is 0.254 e. The fraction of sp³-hybridized carbons (Fsp3) is 0.182. The number of benzene rings is 2. The topological polar surface area (TPSA) is 66.0 Å². The molecule has 0 amide bonds. The fourth-order valence-corrected chi connectivity index (χ4v) is 3.08. The lowest BCUT2D eigenvalue weighted by Crippen LogP contribution is -2.23. The molecule has 4 heteroatoms. The van der Waals surface area contributed by atoms with Crippen LogP contribution in [0.3, 0.4) is 0 Å². The zero-order chi connectivity index (χ0) is 18.5. The normalized spacial score (nSPS) is 10.5. The number of hydrogen-bond donors (Lipinski definition) is 1. The largest absolute Gasteiger partial charge is 0.508 e. The second-order valence-corrected chi connectivity index (χ2v) is 6.23. The third-order valence-corrected chi connectivity index (χ3v) is 4.36. The molecule has 0 bridgehead atoms. The van der Waals surface area contributed by atoms with E-state index in [0.29, 0.717) is 12.1 Å². The molecule has 0 unspecified atom stereocenters. The van der Waals surface area contributed by atoms with E-state index >= 15 is 0 Å². The molecular weight excluding hydrogens is 324 g/mol. The number of aromatic nitrogens is 1. The first-order valence-corrected chi connectivity index (χ1v) is 8.63. The molecular formula is C22H20N2O2. The molecule has 0 aliphatic carbocycles. The van der Waals surface area contributed by atoms with Crippen molar-refractivity contribution in [3.8, 4) is 22.9 Å². The van der Waals surface area contributed by atoms with Crippen LogP contribution < -0.4 is 5.56 Å². The van der Waals surface area contributed by atoms with Crippen LogP contribution in [0.2, 0.25) is 0 Å². The van der Waals surface area contributed by atoms with Gasteiger partial charge in [-0.1, -0.05) is 55.8 Å². The summed E-state index contributed by atoms with van der Waals surface area (Å²) in [4.78, 5) is 12.3. The first-order chi connectivity index (χ1) is 12.6. The molecule has 1 heterocycles. The van der Waals surface area contributed by atoms with Gasteiger partial charge in [-0.25, -0.2) is 0 Å². The van der Waals surface area contributed by atoms with E-state index in [4.69, 9.17) is 0 Å². The fourth-order valence-electron chi connectivity index (χ4n) is 3.08. The Kier molecular flexibility index (Phi) is 5.19. The van der Waals surface area contributed by atoms with E-state index in [1.54, 1.807) is 16.7 Å². The molecule has 0 radical (unpaired) electrons. The highest BCUT2D eigenvalue weighted by Gasteiger charge is 2.08. The highest BCUT2D eigenvalue weighted by Crippen LogP contribution is 2.24. The van der Waals surface area contributed by atoms with Crippen molar-refractivity contribution in [3.63, 3.8) is 0 Å². The van der Waals surface area contributed by atoms with Gasteiger partial charge in [0.15, 0.2) is 0 Å². The summed E-state index contributed by atoms with van der Waals surface area (Å²) in [6, 6.07) is 20.5. The lowest BCUT2D eigenvalue weighted by Gasteiger charge is -2.13. The molecule has 1 N–H and O–H groups in total. The van der Waals surface area contributed by atoms with Crippen LogP contribution in [0.25, 0.3) is 11.1 Å². The summed E-state index contributed by atoms with van der Waals surface area (Å²) >= 11 is 0. The van der Waals surface area contributed by atoms with E-state index in [1.165, 1.54) is 6.07 Å². The number of hydrogen-bond acceptors (Lipinski definition) is 3. The Balaban J connectivity index is 1.92. The van der Waals surface area contributed by atoms with Crippen molar-refractivity contribution in [3.05, 3.63) is 87.8 Å². The summed E-state index contributed by atoms with van der Waals surface area (Å²) in [7, 11) is 0. The molecule has 0 spiro atoms. The minimum Gasteiger partial charge on any atom is -0.508 e. The molecule has 3 aromatic rings. The molecule has 0 aliphatic rings. The van der Waals surface area contributed by atoms with E-state index in [2.05, 4.69) is 6.07 Å². The summed E-state index contributed by atoms with van der Waals surface area (Å²) in [5, 5.41) is 18.9. The zero-order valence-corrected chi connectivity index (χ0v) is 14.6. The van der Waals surface area contributed by atoms with Crippen LogP contribution in [-0.2, 0) is 13.0 Å². The van der Waals surface area contributed by atoms with Crippen LogP contribution in [-0.4, -0.2) is 9.67 Å². The van der Waals surface area contributed by atoms with Gasteiger partial charge in [-0.3, -0.25) is 4.79 Å². The van der Waals surface area contributed by atoms with Gasteiger partial charge < -0.3 is 9.67 Å². The van der Waals surface area contributed by atoms with Crippen molar-refractivity contribution in [1.29, 1.82) is 5.26 Å². The second kappa shape index (κ2) is 7.71. The van der Waals surface area contributed by atoms with E-state index in [-0.39, 0.29) is 11.3 Å². The summed E-state index contributed by atoms with van der Waals surface area (Å²) in [6.45, 7) is 2.49. The van der Waals surface area contributed by atoms with Crippen molar-refractivity contribution in [2.24, 2.45) is 0 Å². The van der Waals surface area contributed by atoms with E-state index < -0.39 is 0 Å². The Morgan fingerprint density at radius 1 is 1.08 bits per heavy atom. The van der Waals surface area contributed by atoms with Crippen LogP contribution in [0.5, 0.6) is 5.75 Å². The van der Waals surface area contributed by atoms with E-state index in [9.17, 15) is 15.2 Å². The minimum absolute atomic E-state index is 0.0122. The molecule has 0 saturated heterocycles. The van der Waals surface area contributed by atoms with E-state index in [0.717, 1.165) is 35.2 Å². The molecule has 26 heavy (non-hydrogen) atoms. The zero-order valence-electron chi connectivity index (χ0n) is 14.6. The number of rotatable bonds is 5. The SMILES string of the molecule is CCCc1cc(O)cc(=O)n1Cc1ccc(-c2ccccc2C#N)cc1. The molecule has 0 aliphatic heterocycles. The molecule has 2 aromatic carbocycles. The second-order valence-electron chi connectivity index (χ2n) is 6.23. The number of aryl methyl sites for hydroxylation is 1. The molecule has 0 atom stereocenters. The first kappa shape index (κ1) is 17.5. The number of nitrogens with zero attached hydrogens (tertiary/aromatic N) is 2. The van der Waals surface area contributed by atoms with Crippen molar-refractivity contribution >= 4 is 0 Å². The summed E-state index contributed by atoms with van der Waals surface area (Å²) in [5.41, 5.74) is 4.13. The number of pyridine rings is 1. The van der Waals surface area contributed by atoms with Crippen molar-refractivity contribution < 1.29 is 5.11 Å². The predicted octanol–water partition coefficient (Wildman–Crippen LogP) is 4.09. The predicted molar refractivity (Wildman–Crippen MR) is 102 cm³/mol. The number of aromatic hydroxyl groups is 1. The molecule has 4 nitrogen and oxygen atoms in total. The molecule has 1 aromatic heterocycles. The Morgan fingerprint density at radius 3 is 2.50 bits per heavy atom. The van der Waals surface area contributed by atoms with Gasteiger partial charge in [-0.2, -0.15) is 5.26 Å². The summed E-state index contributed by atoms with van der Waals surface area (Å²) in [5.74, 6) is 0.0122. The maximum absolute atomic E-state index is 12.3. The Bertz CT molecular complexity index is 1010. The molecule has 130 valence electrons. The third kappa shape index (κ3) is 3.68. The standard InChI is InChI=1S/C22H20N2O2/c1-2-5-19-12-20(25)13-22(26)24(19)15-16-8-10-17(11-9-16)21-7-4-3-6-18(21)14-23/h3-4,6-13,25H,2,5,15H2,1H3. The first-order valence-electron chi connectivity index (χ1n) is 8.63. The van der Waals surface area contributed by atoms with Crippen LogP contribution in [0.1, 0.15) is 30.2 Å². The summed E-state index contributed by atoms with van der Waals surface area (Å²) in [6.07, 6.45) is 1.63. The van der Waals surface area contributed by atoms with Gasteiger partial charge in [0.05, 0.1) is 18.2 Å². The van der Waals surface area contributed by atoms with Crippen molar-refractivity contribution in [2.45, 2.75) is 26.3 Å². The molecule has 3 rings (SSSR count). The van der Waals surface area contributed by atoms with Crippen molar-refractivity contribution in [2.75, 3.05) is 0 Å². The molecule has 0 saturated carbocycles. The maximum Gasteiger partial charge on any atom is 0.254 e. The van der Waals surface area contributed by atoms with Crippen LogP contribution in [0.4, 0.5) is 0 Å². The van der Waals surface area contributed by atoms with Crippen LogP contribution in [0.15, 0.2) is 65.5 Å². The Hall–Kier alpha value is -3.32. The Labute approximate surface area is 152 Å². The third-order valence-electron chi connectivity index (χ3n) is 4.36.